The van der Waals surface area contributed by atoms with Crippen molar-refractivity contribution in [2.75, 3.05) is 19.7 Å². The molecule has 0 spiro atoms. The molecular weight excluding hydrogens is 575 g/mol. The van der Waals surface area contributed by atoms with Gasteiger partial charge in [-0.15, -0.1) is 0 Å². The smallest absolute Gasteiger partial charge is 0.255 e. The summed E-state index contributed by atoms with van der Waals surface area (Å²) in [4.78, 5) is 56.3. The van der Waals surface area contributed by atoms with Gasteiger partial charge in [-0.25, -0.2) is 4.39 Å². The highest BCUT2D eigenvalue weighted by molar-refractivity contribution is 6.01. The summed E-state index contributed by atoms with van der Waals surface area (Å²) in [6, 6.07) is 19.8. The SMILES string of the molecule is CC(C)(CNC(=O)[C@@H]1CC(=O)N[C@@H](Cc2ccccc2)C(=O)N2CCC[C@@H]2COc2ccccc2C(=O)N1)c1ccc(F)cc1. The topological polar surface area (TPSA) is 117 Å². The number of hydrogen-bond donors (Lipinski definition) is 3. The minimum Gasteiger partial charge on any atom is -0.491 e. The molecule has 0 aliphatic carbocycles. The van der Waals surface area contributed by atoms with Gasteiger partial charge in [0.2, 0.25) is 17.7 Å². The highest BCUT2D eigenvalue weighted by Crippen LogP contribution is 2.25. The highest BCUT2D eigenvalue weighted by Gasteiger charge is 2.36. The van der Waals surface area contributed by atoms with Crippen molar-refractivity contribution < 1.29 is 28.3 Å². The molecule has 0 radical (unpaired) electrons. The van der Waals surface area contributed by atoms with Crippen LogP contribution in [0.5, 0.6) is 5.75 Å². The third kappa shape index (κ3) is 7.87. The van der Waals surface area contributed by atoms with E-state index in [4.69, 9.17) is 4.74 Å². The maximum absolute atomic E-state index is 13.9. The van der Waals surface area contributed by atoms with Crippen LogP contribution in [0.25, 0.3) is 0 Å². The zero-order valence-corrected chi connectivity index (χ0v) is 25.6. The van der Waals surface area contributed by atoms with E-state index in [-0.39, 0.29) is 49.3 Å². The van der Waals surface area contributed by atoms with Gasteiger partial charge < -0.3 is 25.6 Å². The molecule has 1 saturated heterocycles. The molecule has 3 aromatic carbocycles. The fourth-order valence-electron chi connectivity index (χ4n) is 5.83. The Morgan fingerprint density at radius 1 is 0.978 bits per heavy atom. The van der Waals surface area contributed by atoms with Gasteiger partial charge in [-0.2, -0.15) is 0 Å². The van der Waals surface area contributed by atoms with E-state index in [0.717, 1.165) is 24.0 Å². The first-order valence-electron chi connectivity index (χ1n) is 15.3. The largest absolute Gasteiger partial charge is 0.491 e. The van der Waals surface area contributed by atoms with E-state index in [0.29, 0.717) is 12.3 Å². The van der Waals surface area contributed by atoms with Crippen molar-refractivity contribution in [3.05, 3.63) is 101 Å². The molecule has 0 bridgehead atoms. The van der Waals surface area contributed by atoms with Gasteiger partial charge in [0.25, 0.3) is 5.91 Å². The number of nitrogens with zero attached hydrogens (tertiary/aromatic N) is 1. The van der Waals surface area contributed by atoms with Gasteiger partial charge in [-0.1, -0.05) is 68.4 Å². The van der Waals surface area contributed by atoms with Crippen molar-refractivity contribution in [3.63, 3.8) is 0 Å². The van der Waals surface area contributed by atoms with E-state index < -0.39 is 35.2 Å². The van der Waals surface area contributed by atoms with Gasteiger partial charge in [0.05, 0.1) is 18.0 Å². The number of nitrogens with one attached hydrogen (secondary N) is 3. The minimum atomic E-state index is -1.25. The Balaban J connectivity index is 1.41. The fourth-order valence-corrected chi connectivity index (χ4v) is 5.83. The molecular formula is C35H39FN4O5. The predicted octanol–water partition coefficient (Wildman–Crippen LogP) is 3.52. The molecule has 1 fully saturated rings. The molecule has 2 aliphatic rings. The molecule has 9 nitrogen and oxygen atoms in total. The van der Waals surface area contributed by atoms with Crippen molar-refractivity contribution in [2.45, 2.75) is 63.1 Å². The number of benzene rings is 3. The summed E-state index contributed by atoms with van der Waals surface area (Å²) in [6.45, 7) is 4.68. The summed E-state index contributed by atoms with van der Waals surface area (Å²) < 4.78 is 19.6. The zero-order chi connectivity index (χ0) is 32.0. The Morgan fingerprint density at radius 3 is 2.44 bits per heavy atom. The van der Waals surface area contributed by atoms with Crippen LogP contribution in [0.15, 0.2) is 78.9 Å². The second kappa shape index (κ2) is 13.9. The minimum absolute atomic E-state index is 0.163. The van der Waals surface area contributed by atoms with Crippen molar-refractivity contribution in [1.29, 1.82) is 0 Å². The van der Waals surface area contributed by atoms with Crippen LogP contribution in [-0.2, 0) is 26.2 Å². The second-order valence-electron chi connectivity index (χ2n) is 12.3. The number of hydrogen-bond acceptors (Lipinski definition) is 5. The van der Waals surface area contributed by atoms with Gasteiger partial charge in [-0.05, 0) is 48.2 Å². The lowest BCUT2D eigenvalue weighted by Gasteiger charge is -2.31. The van der Waals surface area contributed by atoms with Crippen LogP contribution in [-0.4, -0.2) is 66.4 Å². The zero-order valence-electron chi connectivity index (χ0n) is 25.6. The molecule has 10 heteroatoms. The van der Waals surface area contributed by atoms with Crippen molar-refractivity contribution >= 4 is 23.6 Å². The average Bonchev–Trinajstić information content (AvgIpc) is 3.51. The van der Waals surface area contributed by atoms with Crippen LogP contribution in [0.2, 0.25) is 0 Å². The molecule has 0 unspecified atom stereocenters. The number of rotatable bonds is 6. The van der Waals surface area contributed by atoms with Crippen LogP contribution in [0, 0.1) is 5.82 Å². The Hall–Kier alpha value is -4.73. The van der Waals surface area contributed by atoms with Crippen molar-refractivity contribution in [3.8, 4) is 5.75 Å². The molecule has 2 heterocycles. The molecule has 5 rings (SSSR count). The number of carbonyl (C=O) groups is 4. The van der Waals surface area contributed by atoms with E-state index in [1.165, 1.54) is 12.1 Å². The Kier molecular flexibility index (Phi) is 9.80. The standard InChI is InChI=1S/C35H39FN4O5/c1-35(2,24-14-16-25(36)17-15-24)22-37-33(43)28-20-31(41)38-29(19-23-9-4-3-5-10-23)34(44)40-18-8-11-26(40)21-45-30-13-7-6-12-27(30)32(42)39-28/h3-7,9-10,12-17,26,28-29H,8,11,18-22H2,1-2H3,(H,37,43)(H,38,41)(H,39,42)/t26-,28+,29+/m1/s1. The number of halogens is 1. The maximum atomic E-state index is 13.9. The van der Waals surface area contributed by atoms with Crippen LogP contribution in [0.4, 0.5) is 4.39 Å². The molecule has 4 amide bonds. The fraction of sp³-hybridized carbons (Fsp3) is 0.371. The van der Waals surface area contributed by atoms with E-state index in [9.17, 15) is 23.6 Å². The van der Waals surface area contributed by atoms with Crippen LogP contribution >= 0.6 is 0 Å². The third-order valence-corrected chi connectivity index (χ3v) is 8.48. The Bertz CT molecular complexity index is 1530. The summed E-state index contributed by atoms with van der Waals surface area (Å²) in [6.07, 6.45) is 1.42. The number of amides is 4. The van der Waals surface area contributed by atoms with Gasteiger partial charge >= 0.3 is 0 Å². The average molecular weight is 615 g/mol. The number of fused-ring (bicyclic) bond motifs is 2. The van der Waals surface area contributed by atoms with E-state index in [1.807, 2.05) is 44.2 Å². The summed E-state index contributed by atoms with van der Waals surface area (Å²) in [5.74, 6) is -1.92. The first-order chi connectivity index (χ1) is 21.6. The van der Waals surface area contributed by atoms with Crippen molar-refractivity contribution in [2.24, 2.45) is 0 Å². The highest BCUT2D eigenvalue weighted by atomic mass is 19.1. The summed E-state index contributed by atoms with van der Waals surface area (Å²) in [5.41, 5.74) is 1.34. The molecule has 236 valence electrons. The second-order valence-corrected chi connectivity index (χ2v) is 12.3. The predicted molar refractivity (Wildman–Crippen MR) is 167 cm³/mol. The molecule has 0 saturated carbocycles. The van der Waals surface area contributed by atoms with Gasteiger partial charge in [0.1, 0.15) is 30.3 Å². The van der Waals surface area contributed by atoms with Crippen LogP contribution in [0.1, 0.15) is 54.6 Å². The Labute approximate surface area is 262 Å². The molecule has 3 atom stereocenters. The lowest BCUT2D eigenvalue weighted by molar-refractivity contribution is -0.138. The van der Waals surface area contributed by atoms with Crippen LogP contribution in [0.3, 0.4) is 0 Å². The molecule has 3 aromatic rings. The number of para-hydroxylation sites is 1. The van der Waals surface area contributed by atoms with Gasteiger partial charge in [0.15, 0.2) is 0 Å². The first kappa shape index (κ1) is 31.7. The van der Waals surface area contributed by atoms with E-state index >= 15 is 0 Å². The molecule has 3 N–H and O–H groups in total. The van der Waals surface area contributed by atoms with Crippen molar-refractivity contribution in [1.82, 2.24) is 20.9 Å². The Morgan fingerprint density at radius 2 is 1.69 bits per heavy atom. The van der Waals surface area contributed by atoms with Gasteiger partial charge in [-0.3, -0.25) is 19.2 Å². The number of ether oxygens (including phenoxy) is 1. The summed E-state index contributed by atoms with van der Waals surface area (Å²) >= 11 is 0. The lowest BCUT2D eigenvalue weighted by atomic mass is 9.84. The van der Waals surface area contributed by atoms with Gasteiger partial charge in [0, 0.05) is 24.9 Å². The lowest BCUT2D eigenvalue weighted by Crippen LogP contribution is -2.55. The monoisotopic (exact) mass is 614 g/mol. The van der Waals surface area contributed by atoms with Crippen LogP contribution < -0.4 is 20.7 Å². The summed E-state index contributed by atoms with van der Waals surface area (Å²) in [7, 11) is 0. The quantitative estimate of drug-likeness (QED) is 0.393. The third-order valence-electron chi connectivity index (χ3n) is 8.48. The van der Waals surface area contributed by atoms with E-state index in [1.54, 1.807) is 41.3 Å². The normalized spacial score (nSPS) is 21.0. The molecule has 45 heavy (non-hydrogen) atoms. The maximum Gasteiger partial charge on any atom is 0.255 e. The first-order valence-corrected chi connectivity index (χ1v) is 15.3. The summed E-state index contributed by atoms with van der Waals surface area (Å²) in [5, 5.41) is 8.45. The number of carbonyl (C=O) groups excluding carboxylic acids is 4. The molecule has 0 aromatic heterocycles. The van der Waals surface area contributed by atoms with E-state index in [2.05, 4.69) is 16.0 Å². The molecule has 2 aliphatic heterocycles.